The van der Waals surface area contributed by atoms with Crippen LogP contribution in [0.5, 0.6) is 0 Å². The highest BCUT2D eigenvalue weighted by Gasteiger charge is 2.42. The second-order valence-electron chi connectivity index (χ2n) is 6.73. The van der Waals surface area contributed by atoms with Crippen LogP contribution < -0.4 is 5.32 Å². The molecule has 0 bridgehead atoms. The fourth-order valence-electron chi connectivity index (χ4n) is 3.35. The summed E-state index contributed by atoms with van der Waals surface area (Å²) in [5.74, 6) is 1.69. The van der Waals surface area contributed by atoms with Gasteiger partial charge in [0.05, 0.1) is 13.2 Å². The minimum Gasteiger partial charge on any atom is -0.368 e. The van der Waals surface area contributed by atoms with Crippen molar-refractivity contribution in [2.24, 2.45) is 11.8 Å². The van der Waals surface area contributed by atoms with Gasteiger partial charge in [0.15, 0.2) is 0 Å². The molecule has 2 aliphatic carbocycles. The van der Waals surface area contributed by atoms with Crippen molar-refractivity contribution in [1.82, 2.24) is 15.2 Å². The Hall–Kier alpha value is -0.980. The Labute approximate surface area is 135 Å². The highest BCUT2D eigenvalue weighted by molar-refractivity contribution is 7.09. The summed E-state index contributed by atoms with van der Waals surface area (Å²) in [5, 5.41) is 6.29. The zero-order valence-corrected chi connectivity index (χ0v) is 13.6. The number of amides is 1. The average Bonchev–Trinajstić information content (AvgIpc) is 3.45. The van der Waals surface area contributed by atoms with E-state index in [9.17, 15) is 4.79 Å². The summed E-state index contributed by atoms with van der Waals surface area (Å²) < 4.78 is 5.79. The normalized spacial score (nSPS) is 26.3. The van der Waals surface area contributed by atoms with E-state index in [4.69, 9.17) is 4.74 Å². The second-order valence-corrected chi connectivity index (χ2v) is 7.66. The fourth-order valence-corrected chi connectivity index (χ4v) is 4.03. The van der Waals surface area contributed by atoms with E-state index >= 15 is 0 Å². The minimum atomic E-state index is 0.0178. The number of rotatable bonds is 6. The predicted octanol–water partition coefficient (Wildman–Crippen LogP) is 1.82. The van der Waals surface area contributed by atoms with Crippen LogP contribution in [0.15, 0.2) is 11.6 Å². The van der Waals surface area contributed by atoms with Crippen LogP contribution in [-0.4, -0.2) is 48.1 Å². The van der Waals surface area contributed by atoms with Crippen LogP contribution >= 0.6 is 11.3 Å². The zero-order valence-electron chi connectivity index (χ0n) is 12.7. The lowest BCUT2D eigenvalue weighted by Crippen LogP contribution is -2.47. The van der Waals surface area contributed by atoms with Crippen LogP contribution in [0.3, 0.4) is 0 Å². The fraction of sp³-hybridized carbons (Fsp3) is 0.750. The van der Waals surface area contributed by atoms with Crippen molar-refractivity contribution in [2.45, 2.75) is 37.8 Å². The third-order valence-electron chi connectivity index (χ3n) is 4.83. The van der Waals surface area contributed by atoms with Crippen molar-refractivity contribution in [2.75, 3.05) is 26.2 Å². The number of hydrogen-bond donors (Lipinski definition) is 1. The first-order valence-corrected chi connectivity index (χ1v) is 9.20. The van der Waals surface area contributed by atoms with Gasteiger partial charge in [0.25, 0.3) is 0 Å². The molecule has 1 aromatic heterocycles. The third-order valence-corrected chi connectivity index (χ3v) is 5.70. The van der Waals surface area contributed by atoms with Gasteiger partial charge in [-0.05, 0) is 37.5 Å². The zero-order chi connectivity index (χ0) is 14.9. The van der Waals surface area contributed by atoms with Gasteiger partial charge >= 0.3 is 0 Å². The van der Waals surface area contributed by atoms with Gasteiger partial charge in [0.1, 0.15) is 11.1 Å². The number of carbonyl (C=O) groups excluding carboxylic acids is 1. The van der Waals surface area contributed by atoms with E-state index in [2.05, 4.69) is 15.2 Å². The monoisotopic (exact) mass is 321 g/mol. The van der Waals surface area contributed by atoms with Crippen molar-refractivity contribution in [3.05, 3.63) is 16.6 Å². The van der Waals surface area contributed by atoms with Crippen LogP contribution in [0.4, 0.5) is 0 Å². The maximum absolute atomic E-state index is 12.4. The van der Waals surface area contributed by atoms with Gasteiger partial charge in [-0.3, -0.25) is 9.69 Å². The predicted molar refractivity (Wildman–Crippen MR) is 84.6 cm³/mol. The molecule has 3 fully saturated rings. The molecule has 1 atom stereocenters. The van der Waals surface area contributed by atoms with Crippen LogP contribution in [0.1, 0.15) is 36.8 Å². The van der Waals surface area contributed by atoms with Gasteiger partial charge in [-0.2, -0.15) is 0 Å². The number of morpholine rings is 1. The summed E-state index contributed by atoms with van der Waals surface area (Å²) in [7, 11) is 0. The summed E-state index contributed by atoms with van der Waals surface area (Å²) in [5.41, 5.74) is 0. The molecule has 0 spiro atoms. The van der Waals surface area contributed by atoms with E-state index in [-0.39, 0.29) is 12.0 Å². The van der Waals surface area contributed by atoms with Gasteiger partial charge in [-0.1, -0.05) is 0 Å². The lowest BCUT2D eigenvalue weighted by molar-refractivity contribution is -0.125. The number of nitrogens with one attached hydrogen (secondary N) is 1. The Morgan fingerprint density at radius 1 is 1.41 bits per heavy atom. The minimum absolute atomic E-state index is 0.0178. The number of aromatic nitrogens is 1. The number of ether oxygens (including phenoxy) is 1. The standard InChI is InChI=1S/C16H23N3O2S/c20-14(18-15(11-1-2-11)12-3-4-12)10-19-6-7-21-13(9-19)16-17-5-8-22-16/h5,8,11-13,15H,1-4,6-7,9-10H2,(H,18,20). The summed E-state index contributed by atoms with van der Waals surface area (Å²) in [6.45, 7) is 2.75. The largest absolute Gasteiger partial charge is 0.368 e. The molecule has 1 aromatic rings. The van der Waals surface area contributed by atoms with E-state index in [0.717, 1.165) is 29.9 Å². The van der Waals surface area contributed by atoms with E-state index in [1.54, 1.807) is 11.3 Å². The molecule has 1 amide bonds. The molecular weight excluding hydrogens is 298 g/mol. The lowest BCUT2D eigenvalue weighted by atomic mass is 10.1. The molecule has 22 heavy (non-hydrogen) atoms. The van der Waals surface area contributed by atoms with Crippen molar-refractivity contribution in [3.8, 4) is 0 Å². The number of hydrogen-bond acceptors (Lipinski definition) is 5. The van der Waals surface area contributed by atoms with Crippen LogP contribution in [-0.2, 0) is 9.53 Å². The lowest BCUT2D eigenvalue weighted by Gasteiger charge is -2.32. The van der Waals surface area contributed by atoms with Gasteiger partial charge in [0, 0.05) is 30.7 Å². The molecule has 0 radical (unpaired) electrons. The molecule has 1 saturated heterocycles. The Balaban J connectivity index is 1.29. The SMILES string of the molecule is O=C(CN1CCOC(c2nccs2)C1)NC(C1CC1)C1CC1. The first kappa shape index (κ1) is 14.6. The first-order valence-electron chi connectivity index (χ1n) is 8.32. The molecule has 1 N–H and O–H groups in total. The highest BCUT2D eigenvalue weighted by Crippen LogP contribution is 2.44. The summed E-state index contributed by atoms with van der Waals surface area (Å²) in [4.78, 5) is 18.9. The smallest absolute Gasteiger partial charge is 0.234 e. The molecule has 3 aliphatic rings. The van der Waals surface area contributed by atoms with Crippen molar-refractivity contribution in [1.29, 1.82) is 0 Å². The van der Waals surface area contributed by atoms with E-state index < -0.39 is 0 Å². The van der Waals surface area contributed by atoms with Gasteiger partial charge in [0.2, 0.25) is 5.91 Å². The Bertz CT molecular complexity index is 501. The van der Waals surface area contributed by atoms with Gasteiger partial charge in [-0.25, -0.2) is 4.98 Å². The Kier molecular flexibility index (Phi) is 4.15. The van der Waals surface area contributed by atoms with E-state index in [1.807, 2.05) is 11.6 Å². The summed E-state index contributed by atoms with van der Waals surface area (Å²) >= 11 is 1.62. The molecular formula is C16H23N3O2S. The number of nitrogens with zero attached hydrogens (tertiary/aromatic N) is 2. The van der Waals surface area contributed by atoms with Crippen LogP contribution in [0, 0.1) is 11.8 Å². The Morgan fingerprint density at radius 3 is 2.82 bits per heavy atom. The van der Waals surface area contributed by atoms with Crippen molar-refractivity contribution >= 4 is 17.2 Å². The summed E-state index contributed by atoms with van der Waals surface area (Å²) in [6.07, 6.45) is 7.02. The Morgan fingerprint density at radius 2 is 2.18 bits per heavy atom. The highest BCUT2D eigenvalue weighted by atomic mass is 32.1. The number of thiazole rings is 1. The second kappa shape index (κ2) is 6.26. The van der Waals surface area contributed by atoms with E-state index in [0.29, 0.717) is 19.2 Å². The molecule has 6 heteroatoms. The van der Waals surface area contributed by atoms with Crippen LogP contribution in [0.2, 0.25) is 0 Å². The van der Waals surface area contributed by atoms with Crippen molar-refractivity contribution < 1.29 is 9.53 Å². The maximum atomic E-state index is 12.4. The topological polar surface area (TPSA) is 54.5 Å². The van der Waals surface area contributed by atoms with Crippen LogP contribution in [0.25, 0.3) is 0 Å². The maximum Gasteiger partial charge on any atom is 0.234 e. The molecule has 2 heterocycles. The molecule has 1 unspecified atom stereocenters. The quantitative estimate of drug-likeness (QED) is 0.868. The first-order chi connectivity index (χ1) is 10.8. The van der Waals surface area contributed by atoms with Gasteiger partial charge < -0.3 is 10.1 Å². The van der Waals surface area contributed by atoms with E-state index in [1.165, 1.54) is 25.7 Å². The van der Waals surface area contributed by atoms with Gasteiger partial charge in [-0.15, -0.1) is 11.3 Å². The molecule has 1 aliphatic heterocycles. The molecule has 5 nitrogen and oxygen atoms in total. The molecule has 2 saturated carbocycles. The molecule has 0 aromatic carbocycles. The van der Waals surface area contributed by atoms with Crippen molar-refractivity contribution in [3.63, 3.8) is 0 Å². The molecule has 120 valence electrons. The summed E-state index contributed by atoms with van der Waals surface area (Å²) in [6, 6.07) is 0.448. The number of carbonyl (C=O) groups is 1. The third kappa shape index (κ3) is 3.50. The average molecular weight is 321 g/mol. The molecule has 4 rings (SSSR count).